The van der Waals surface area contributed by atoms with E-state index >= 15 is 0 Å². The summed E-state index contributed by atoms with van der Waals surface area (Å²) in [6.45, 7) is 0. The molecule has 2 N–H and O–H groups in total. The first kappa shape index (κ1) is 14.6. The van der Waals surface area contributed by atoms with Crippen LogP contribution < -0.4 is 5.73 Å². The molecule has 2 aromatic rings. The summed E-state index contributed by atoms with van der Waals surface area (Å²) in [5.41, 5.74) is 6.79. The first-order valence-corrected chi connectivity index (χ1v) is 7.68. The zero-order chi connectivity index (χ0) is 14.9. The van der Waals surface area contributed by atoms with Gasteiger partial charge in [0.2, 0.25) is 0 Å². The van der Waals surface area contributed by atoms with Crippen molar-refractivity contribution < 1.29 is 17.2 Å². The molecule has 0 amide bonds. The van der Waals surface area contributed by atoms with Gasteiger partial charge in [-0.05, 0) is 35.4 Å². The predicted molar refractivity (Wildman–Crippen MR) is 71.9 cm³/mol. The molecule has 0 fully saturated rings. The van der Waals surface area contributed by atoms with Crippen molar-refractivity contribution in [2.45, 2.75) is 10.9 Å². The summed E-state index contributed by atoms with van der Waals surface area (Å²) in [4.78, 5) is 0.166. The highest BCUT2D eigenvalue weighted by Crippen LogP contribution is 2.22. The summed E-state index contributed by atoms with van der Waals surface area (Å²) < 4.78 is 49.0. The zero-order valence-electron chi connectivity index (χ0n) is 10.7. The summed E-state index contributed by atoms with van der Waals surface area (Å²) >= 11 is 0. The Kier molecular flexibility index (Phi) is 3.87. The van der Waals surface area contributed by atoms with Gasteiger partial charge in [0.05, 0.1) is 10.9 Å². The van der Waals surface area contributed by atoms with Crippen molar-refractivity contribution in [2.75, 3.05) is 6.26 Å². The number of hydrogen-bond donors (Lipinski definition) is 1. The van der Waals surface area contributed by atoms with Gasteiger partial charge in [-0.3, -0.25) is 0 Å². The summed E-state index contributed by atoms with van der Waals surface area (Å²) in [5.74, 6) is -1.41. The lowest BCUT2D eigenvalue weighted by atomic mass is 9.99. The van der Waals surface area contributed by atoms with E-state index in [1.807, 2.05) is 0 Å². The molecule has 0 bridgehead atoms. The van der Waals surface area contributed by atoms with Crippen LogP contribution in [0.25, 0.3) is 0 Å². The number of halogens is 2. The van der Waals surface area contributed by atoms with E-state index in [-0.39, 0.29) is 10.5 Å². The zero-order valence-corrected chi connectivity index (χ0v) is 11.5. The predicted octanol–water partition coefficient (Wildman–Crippen LogP) is 2.42. The molecule has 0 aliphatic heterocycles. The lowest BCUT2D eigenvalue weighted by Gasteiger charge is -2.13. The molecule has 0 radical (unpaired) electrons. The Labute approximate surface area is 116 Å². The largest absolute Gasteiger partial charge is 0.320 e. The fraction of sp³-hybridized carbons (Fsp3) is 0.143. The van der Waals surface area contributed by atoms with Crippen molar-refractivity contribution in [3.63, 3.8) is 0 Å². The maximum atomic E-state index is 13.1. The molecule has 0 saturated heterocycles. The highest BCUT2D eigenvalue weighted by Gasteiger charge is 2.13. The Hall–Kier alpha value is -1.79. The van der Waals surface area contributed by atoms with Crippen molar-refractivity contribution in [3.8, 4) is 0 Å². The minimum Gasteiger partial charge on any atom is -0.320 e. The van der Waals surface area contributed by atoms with Crippen LogP contribution in [0.1, 0.15) is 17.2 Å². The van der Waals surface area contributed by atoms with E-state index in [1.54, 1.807) is 0 Å². The van der Waals surface area contributed by atoms with Crippen molar-refractivity contribution in [1.82, 2.24) is 0 Å². The molecule has 0 aliphatic rings. The summed E-state index contributed by atoms with van der Waals surface area (Å²) in [5, 5.41) is 0. The van der Waals surface area contributed by atoms with Crippen LogP contribution in [-0.2, 0) is 9.84 Å². The second kappa shape index (κ2) is 5.30. The molecule has 0 aliphatic carbocycles. The van der Waals surface area contributed by atoms with E-state index in [2.05, 4.69) is 0 Å². The van der Waals surface area contributed by atoms with Crippen molar-refractivity contribution >= 4 is 9.84 Å². The monoisotopic (exact) mass is 297 g/mol. The number of sulfone groups is 1. The molecule has 106 valence electrons. The minimum atomic E-state index is -3.28. The average Bonchev–Trinajstić information content (AvgIpc) is 2.36. The van der Waals surface area contributed by atoms with Crippen molar-refractivity contribution in [1.29, 1.82) is 0 Å². The Balaban J connectivity index is 2.36. The third kappa shape index (κ3) is 3.20. The maximum absolute atomic E-state index is 13.1. The number of rotatable bonds is 3. The third-order valence-electron chi connectivity index (χ3n) is 2.91. The quantitative estimate of drug-likeness (QED) is 0.946. The number of hydrogen-bond acceptors (Lipinski definition) is 3. The van der Waals surface area contributed by atoms with Gasteiger partial charge in [0.25, 0.3) is 0 Å². The van der Waals surface area contributed by atoms with E-state index in [0.29, 0.717) is 5.56 Å². The van der Waals surface area contributed by atoms with Crippen LogP contribution in [0, 0.1) is 11.6 Å². The van der Waals surface area contributed by atoms with Gasteiger partial charge in [-0.15, -0.1) is 0 Å². The number of nitrogens with two attached hydrogens (primary N) is 1. The maximum Gasteiger partial charge on any atom is 0.175 e. The van der Waals surface area contributed by atoms with E-state index in [0.717, 1.165) is 24.5 Å². The SMILES string of the molecule is CS(=O)(=O)c1ccc(C(N)c2cc(F)cc(F)c2)cc1. The fourth-order valence-corrected chi connectivity index (χ4v) is 2.50. The molecule has 2 aromatic carbocycles. The van der Waals surface area contributed by atoms with Crippen LogP contribution >= 0.6 is 0 Å². The van der Waals surface area contributed by atoms with E-state index in [1.165, 1.54) is 24.3 Å². The van der Waals surface area contributed by atoms with Crippen LogP contribution in [0.15, 0.2) is 47.4 Å². The van der Waals surface area contributed by atoms with Gasteiger partial charge in [-0.2, -0.15) is 0 Å². The van der Waals surface area contributed by atoms with E-state index in [9.17, 15) is 17.2 Å². The van der Waals surface area contributed by atoms with Crippen LogP contribution in [0.2, 0.25) is 0 Å². The Bertz CT molecular complexity index is 707. The summed E-state index contributed by atoms with van der Waals surface area (Å²) in [6, 6.07) is 8.24. The van der Waals surface area contributed by atoms with Crippen LogP contribution in [0.3, 0.4) is 0 Å². The lowest BCUT2D eigenvalue weighted by Crippen LogP contribution is -2.12. The molecule has 0 saturated carbocycles. The standard InChI is InChI=1S/C14H13F2NO2S/c1-20(18,19)13-4-2-9(3-5-13)14(17)10-6-11(15)8-12(16)7-10/h2-8,14H,17H2,1H3. The molecule has 0 aromatic heterocycles. The van der Waals surface area contributed by atoms with Gasteiger partial charge >= 0.3 is 0 Å². The Morgan fingerprint density at radius 2 is 1.45 bits per heavy atom. The van der Waals surface area contributed by atoms with E-state index < -0.39 is 27.5 Å². The fourth-order valence-electron chi connectivity index (χ4n) is 1.87. The van der Waals surface area contributed by atoms with Crippen molar-refractivity contribution in [3.05, 3.63) is 65.2 Å². The molecule has 20 heavy (non-hydrogen) atoms. The molecular weight excluding hydrogens is 284 g/mol. The summed E-state index contributed by atoms with van der Waals surface area (Å²) in [6.07, 6.45) is 1.10. The lowest BCUT2D eigenvalue weighted by molar-refractivity contribution is 0.577. The van der Waals surface area contributed by atoms with Gasteiger partial charge in [0.15, 0.2) is 9.84 Å². The normalized spacial score (nSPS) is 13.2. The second-order valence-electron chi connectivity index (χ2n) is 4.52. The van der Waals surface area contributed by atoms with Gasteiger partial charge < -0.3 is 5.73 Å². The average molecular weight is 297 g/mol. The summed E-state index contributed by atoms with van der Waals surface area (Å²) in [7, 11) is -3.28. The molecule has 0 heterocycles. The topological polar surface area (TPSA) is 60.2 Å². The second-order valence-corrected chi connectivity index (χ2v) is 6.54. The van der Waals surface area contributed by atoms with Crippen LogP contribution in [-0.4, -0.2) is 14.7 Å². The van der Waals surface area contributed by atoms with Gasteiger partial charge in [-0.1, -0.05) is 12.1 Å². The Morgan fingerprint density at radius 1 is 0.950 bits per heavy atom. The van der Waals surface area contributed by atoms with Crippen molar-refractivity contribution in [2.24, 2.45) is 5.73 Å². The first-order chi connectivity index (χ1) is 9.27. The third-order valence-corrected chi connectivity index (χ3v) is 4.04. The smallest absolute Gasteiger partial charge is 0.175 e. The highest BCUT2D eigenvalue weighted by atomic mass is 32.2. The molecule has 1 unspecified atom stereocenters. The minimum absolute atomic E-state index is 0.166. The van der Waals surface area contributed by atoms with Gasteiger partial charge in [0, 0.05) is 12.3 Å². The molecular formula is C14H13F2NO2S. The molecule has 3 nitrogen and oxygen atoms in total. The van der Waals surface area contributed by atoms with Gasteiger partial charge in [-0.25, -0.2) is 17.2 Å². The highest BCUT2D eigenvalue weighted by molar-refractivity contribution is 7.90. The Morgan fingerprint density at radius 3 is 1.90 bits per heavy atom. The number of benzene rings is 2. The van der Waals surface area contributed by atoms with Crippen LogP contribution in [0.5, 0.6) is 0 Å². The first-order valence-electron chi connectivity index (χ1n) is 5.79. The van der Waals surface area contributed by atoms with E-state index in [4.69, 9.17) is 5.73 Å². The molecule has 0 spiro atoms. The van der Waals surface area contributed by atoms with Crippen LogP contribution in [0.4, 0.5) is 8.78 Å². The van der Waals surface area contributed by atoms with Gasteiger partial charge in [0.1, 0.15) is 11.6 Å². The molecule has 1 atom stereocenters. The molecule has 2 rings (SSSR count). The molecule has 6 heteroatoms.